The summed E-state index contributed by atoms with van der Waals surface area (Å²) in [6.07, 6.45) is 1.09. The lowest BCUT2D eigenvalue weighted by Crippen LogP contribution is -2.52. The molecule has 2 N–H and O–H groups in total. The monoisotopic (exact) mass is 458 g/mol. The Morgan fingerprint density at radius 1 is 1.03 bits per heavy atom. The Hall–Kier alpha value is -2.41. The highest BCUT2D eigenvalue weighted by Crippen LogP contribution is 2.28. The maximum absolute atomic E-state index is 12.6. The third-order valence-corrected chi connectivity index (χ3v) is 6.28. The van der Waals surface area contributed by atoms with Crippen molar-refractivity contribution in [3.63, 3.8) is 0 Å². The summed E-state index contributed by atoms with van der Waals surface area (Å²) in [6.45, 7) is 5.48. The van der Waals surface area contributed by atoms with Gasteiger partial charge < -0.3 is 25.1 Å². The van der Waals surface area contributed by atoms with E-state index >= 15 is 0 Å². The van der Waals surface area contributed by atoms with Crippen molar-refractivity contribution in [1.29, 1.82) is 0 Å². The number of urea groups is 1. The Labute approximate surface area is 180 Å². The first kappa shape index (κ1) is 19.9. The first-order valence-corrected chi connectivity index (χ1v) is 11.0. The molecule has 0 bridgehead atoms. The van der Waals surface area contributed by atoms with Crippen LogP contribution in [-0.2, 0) is 0 Å². The Kier molecular flexibility index (Phi) is 6.13. The summed E-state index contributed by atoms with van der Waals surface area (Å²) in [5.74, 6) is 0.766. The van der Waals surface area contributed by atoms with Crippen molar-refractivity contribution < 1.29 is 9.90 Å². The number of phenols is 1. The summed E-state index contributed by atoms with van der Waals surface area (Å²) in [6, 6.07) is 15.8. The minimum Gasteiger partial charge on any atom is -0.506 e. The smallest absolute Gasteiger partial charge is 0.317 e. The molecule has 2 aromatic carbocycles. The molecule has 1 unspecified atom stereocenters. The molecule has 4 rings (SSSR count). The Balaban J connectivity index is 1.22. The summed E-state index contributed by atoms with van der Waals surface area (Å²) in [5.41, 5.74) is 2.07. The number of phenolic OH excluding ortho intramolecular Hbond substituents is 1. The molecule has 0 saturated carbocycles. The number of halogens is 1. The van der Waals surface area contributed by atoms with Crippen molar-refractivity contribution in [1.82, 2.24) is 10.2 Å². The van der Waals surface area contributed by atoms with Crippen LogP contribution < -0.4 is 15.1 Å². The van der Waals surface area contributed by atoms with Gasteiger partial charge in [-0.1, -0.05) is 34.1 Å². The summed E-state index contributed by atoms with van der Waals surface area (Å²) in [5, 5.41) is 13.1. The number of hydrogen-bond donors (Lipinski definition) is 2. The van der Waals surface area contributed by atoms with Crippen LogP contribution in [0, 0.1) is 5.92 Å². The van der Waals surface area contributed by atoms with Gasteiger partial charge in [-0.3, -0.25) is 0 Å². The van der Waals surface area contributed by atoms with Crippen molar-refractivity contribution in [2.45, 2.75) is 6.42 Å². The van der Waals surface area contributed by atoms with E-state index in [1.54, 1.807) is 6.07 Å². The zero-order valence-electron chi connectivity index (χ0n) is 16.4. The van der Waals surface area contributed by atoms with Gasteiger partial charge in [-0.25, -0.2) is 4.79 Å². The van der Waals surface area contributed by atoms with Gasteiger partial charge in [-0.15, -0.1) is 0 Å². The van der Waals surface area contributed by atoms with E-state index < -0.39 is 0 Å². The molecule has 6 nitrogen and oxygen atoms in total. The third-order valence-electron chi connectivity index (χ3n) is 5.79. The number of benzene rings is 2. The number of hydrogen-bond acceptors (Lipinski definition) is 4. The minimum absolute atomic E-state index is 0.0165. The maximum atomic E-state index is 12.6. The van der Waals surface area contributed by atoms with Crippen LogP contribution in [0.1, 0.15) is 6.42 Å². The number of rotatable bonds is 4. The van der Waals surface area contributed by atoms with Crippen LogP contribution in [-0.4, -0.2) is 61.9 Å². The molecular formula is C22H27BrN4O2. The van der Waals surface area contributed by atoms with E-state index in [0.717, 1.165) is 42.8 Å². The fraction of sp³-hybridized carbons (Fsp3) is 0.409. The van der Waals surface area contributed by atoms with E-state index in [9.17, 15) is 9.90 Å². The van der Waals surface area contributed by atoms with Gasteiger partial charge in [0.25, 0.3) is 0 Å². The zero-order valence-corrected chi connectivity index (χ0v) is 18.0. The minimum atomic E-state index is 0.0165. The van der Waals surface area contributed by atoms with Crippen molar-refractivity contribution in [3.8, 4) is 5.75 Å². The summed E-state index contributed by atoms with van der Waals surface area (Å²) >= 11 is 3.53. The van der Waals surface area contributed by atoms with Crippen molar-refractivity contribution >= 4 is 33.3 Å². The number of amides is 2. The van der Waals surface area contributed by atoms with Crippen LogP contribution in [0.4, 0.5) is 16.2 Å². The van der Waals surface area contributed by atoms with Crippen LogP contribution in [0.3, 0.4) is 0 Å². The average molecular weight is 459 g/mol. The number of carbonyl (C=O) groups excluding carboxylic acids is 1. The molecule has 0 radical (unpaired) electrons. The lowest BCUT2D eigenvalue weighted by atomic mass is 10.1. The molecule has 2 fully saturated rings. The van der Waals surface area contributed by atoms with Crippen LogP contribution in [0.15, 0.2) is 53.0 Å². The molecule has 29 heavy (non-hydrogen) atoms. The van der Waals surface area contributed by atoms with Gasteiger partial charge in [-0.2, -0.15) is 0 Å². The van der Waals surface area contributed by atoms with Gasteiger partial charge in [0.1, 0.15) is 5.75 Å². The van der Waals surface area contributed by atoms with Crippen molar-refractivity contribution in [2.75, 3.05) is 55.6 Å². The fourth-order valence-corrected chi connectivity index (χ4v) is 4.52. The molecule has 2 aliphatic heterocycles. The first-order chi connectivity index (χ1) is 14.1. The molecule has 2 aromatic rings. The molecule has 0 aromatic heterocycles. The second-order valence-corrected chi connectivity index (χ2v) is 8.65. The van der Waals surface area contributed by atoms with E-state index in [-0.39, 0.29) is 6.03 Å². The van der Waals surface area contributed by atoms with Crippen molar-refractivity contribution in [3.05, 3.63) is 53.0 Å². The first-order valence-electron chi connectivity index (χ1n) is 10.2. The van der Waals surface area contributed by atoms with Crippen LogP contribution in [0.2, 0.25) is 0 Å². The van der Waals surface area contributed by atoms with Crippen LogP contribution >= 0.6 is 15.9 Å². The third kappa shape index (κ3) is 4.78. The number of piperazine rings is 1. The second kappa shape index (κ2) is 8.95. The van der Waals surface area contributed by atoms with Crippen LogP contribution in [0.5, 0.6) is 5.75 Å². The summed E-state index contributed by atoms with van der Waals surface area (Å²) in [4.78, 5) is 19.0. The lowest BCUT2D eigenvalue weighted by Gasteiger charge is -2.36. The molecule has 2 saturated heterocycles. The standard InChI is InChI=1S/C22H27BrN4O2/c23-18-4-3-5-19(14-18)27-9-8-17(16-27)15-24-22(29)26-12-10-25(11-13-26)20-6-1-2-7-21(20)28/h1-7,14,17,28H,8-13,15-16H2,(H,24,29). The van der Waals surface area contributed by atoms with E-state index in [1.807, 2.05) is 29.2 Å². The molecule has 0 spiro atoms. The number of aromatic hydroxyl groups is 1. The summed E-state index contributed by atoms with van der Waals surface area (Å²) in [7, 11) is 0. The Morgan fingerprint density at radius 3 is 2.59 bits per heavy atom. The van der Waals surface area contributed by atoms with Gasteiger partial charge in [-0.05, 0) is 42.7 Å². The average Bonchev–Trinajstić information content (AvgIpc) is 3.22. The number of nitrogens with zero attached hydrogens (tertiary/aromatic N) is 3. The highest BCUT2D eigenvalue weighted by molar-refractivity contribution is 9.10. The number of para-hydroxylation sites is 2. The van der Waals surface area contributed by atoms with E-state index in [4.69, 9.17) is 0 Å². The van der Waals surface area contributed by atoms with Crippen molar-refractivity contribution in [2.24, 2.45) is 5.92 Å². The fourth-order valence-electron chi connectivity index (χ4n) is 4.13. The molecule has 7 heteroatoms. The van der Waals surface area contributed by atoms with Gasteiger partial charge >= 0.3 is 6.03 Å². The van der Waals surface area contributed by atoms with Crippen LogP contribution in [0.25, 0.3) is 0 Å². The topological polar surface area (TPSA) is 59.1 Å². The quantitative estimate of drug-likeness (QED) is 0.735. The second-order valence-electron chi connectivity index (χ2n) is 7.73. The molecule has 2 amide bonds. The number of carbonyl (C=O) groups is 1. The largest absolute Gasteiger partial charge is 0.506 e. The lowest BCUT2D eigenvalue weighted by molar-refractivity contribution is 0.193. The van der Waals surface area contributed by atoms with Gasteiger partial charge in [0.15, 0.2) is 0 Å². The van der Waals surface area contributed by atoms with Gasteiger partial charge in [0.05, 0.1) is 5.69 Å². The normalized spacial score (nSPS) is 19.5. The molecule has 1 atom stereocenters. The highest BCUT2D eigenvalue weighted by Gasteiger charge is 2.26. The number of nitrogens with one attached hydrogen (secondary N) is 1. The number of anilines is 2. The van der Waals surface area contributed by atoms with Gasteiger partial charge in [0, 0.05) is 56.0 Å². The Morgan fingerprint density at radius 2 is 1.83 bits per heavy atom. The SMILES string of the molecule is O=C(NCC1CCN(c2cccc(Br)c2)C1)N1CCN(c2ccccc2O)CC1. The van der Waals surface area contributed by atoms with E-state index in [0.29, 0.717) is 31.3 Å². The molecule has 154 valence electrons. The molecule has 2 heterocycles. The Bertz CT molecular complexity index is 854. The summed E-state index contributed by atoms with van der Waals surface area (Å²) < 4.78 is 1.09. The van der Waals surface area contributed by atoms with E-state index in [1.165, 1.54) is 5.69 Å². The van der Waals surface area contributed by atoms with Gasteiger partial charge in [0.2, 0.25) is 0 Å². The predicted molar refractivity (Wildman–Crippen MR) is 120 cm³/mol. The predicted octanol–water partition coefficient (Wildman–Crippen LogP) is 3.51. The molecule has 0 aliphatic carbocycles. The maximum Gasteiger partial charge on any atom is 0.317 e. The zero-order chi connectivity index (χ0) is 20.2. The molecular weight excluding hydrogens is 432 g/mol. The highest BCUT2D eigenvalue weighted by atomic mass is 79.9. The molecule has 2 aliphatic rings. The van der Waals surface area contributed by atoms with E-state index in [2.05, 4.69) is 49.2 Å².